The fraction of sp³-hybridized carbons (Fsp3) is 0.300. The van der Waals surface area contributed by atoms with Gasteiger partial charge in [-0.25, -0.2) is 19.2 Å². The minimum absolute atomic E-state index is 0.0516. The van der Waals surface area contributed by atoms with Crippen molar-refractivity contribution in [2.45, 2.75) is 52.0 Å². The quantitative estimate of drug-likeness (QED) is 0.0291. The van der Waals surface area contributed by atoms with Crippen LogP contribution in [0.5, 0.6) is 11.5 Å². The molecular formula is C40H44FN7O6. The molecule has 0 spiro atoms. The van der Waals surface area contributed by atoms with Crippen LogP contribution >= 0.6 is 0 Å². The van der Waals surface area contributed by atoms with Gasteiger partial charge in [0, 0.05) is 42.7 Å². The highest BCUT2D eigenvalue weighted by atomic mass is 19.1. The maximum absolute atomic E-state index is 13.9. The van der Waals surface area contributed by atoms with Crippen molar-refractivity contribution in [2.24, 2.45) is 7.05 Å². The molecular weight excluding hydrogens is 693 g/mol. The number of carbonyl (C=O) groups is 3. The number of benzene rings is 3. The average molecular weight is 738 g/mol. The number of pyridine rings is 1. The van der Waals surface area contributed by atoms with Crippen LogP contribution in [0.1, 0.15) is 67.2 Å². The lowest BCUT2D eigenvalue weighted by Crippen LogP contribution is -2.34. The van der Waals surface area contributed by atoms with Gasteiger partial charge in [0.1, 0.15) is 23.3 Å². The smallest absolute Gasteiger partial charge is 0.412 e. The highest BCUT2D eigenvalue weighted by Gasteiger charge is 2.22. The Labute approximate surface area is 313 Å². The molecule has 2 amide bonds. The number of anilines is 2. The Morgan fingerprint density at radius 1 is 0.926 bits per heavy atom. The Morgan fingerprint density at radius 2 is 1.70 bits per heavy atom. The predicted octanol–water partition coefficient (Wildman–Crippen LogP) is 7.39. The van der Waals surface area contributed by atoms with E-state index in [4.69, 9.17) is 24.6 Å². The summed E-state index contributed by atoms with van der Waals surface area (Å²) in [7, 11) is 3.27. The van der Waals surface area contributed by atoms with Crippen LogP contribution in [0.25, 0.3) is 11.0 Å². The molecule has 2 aromatic heterocycles. The van der Waals surface area contributed by atoms with Gasteiger partial charge in [0.25, 0.3) is 5.91 Å². The van der Waals surface area contributed by atoms with Crippen LogP contribution in [0.2, 0.25) is 0 Å². The van der Waals surface area contributed by atoms with Gasteiger partial charge in [-0.05, 0) is 73.2 Å². The molecule has 0 bridgehead atoms. The van der Waals surface area contributed by atoms with Crippen LogP contribution < -0.4 is 25.0 Å². The zero-order chi connectivity index (χ0) is 38.5. The van der Waals surface area contributed by atoms with Crippen molar-refractivity contribution in [3.63, 3.8) is 0 Å². The van der Waals surface area contributed by atoms with Crippen LogP contribution in [0.3, 0.4) is 0 Å². The highest BCUT2D eigenvalue weighted by Crippen LogP contribution is 2.28. The lowest BCUT2D eigenvalue weighted by molar-refractivity contribution is -0.134. The van der Waals surface area contributed by atoms with E-state index in [1.54, 1.807) is 60.8 Å². The van der Waals surface area contributed by atoms with Gasteiger partial charge in [0.05, 0.1) is 37.7 Å². The fourth-order valence-corrected chi connectivity index (χ4v) is 5.65. The number of carbonyl (C=O) groups excluding carboxylic acids is 3. The standard InChI is InChI=1S/C40H44FN7O6/c1-4-5-6-7-10-23-53-40(51)46-38(42)27-12-16-30(17-13-27)44-26-36-45-31-24-28(14-18-32(31)47(36)2)39(50)48(35-11-8-9-21-43-35)22-20-37(49)54-34-25-29(41)15-19-33(34)52-3/h8-9,11-19,21,24-25,44H,4-7,10,20,22-23,26H2,1-3H3,(H2,42,46,51). The number of nitrogens with one attached hydrogen (secondary N) is 3. The zero-order valence-electron chi connectivity index (χ0n) is 30.6. The Hall–Kier alpha value is -6.31. The lowest BCUT2D eigenvalue weighted by atomic mass is 10.1. The number of esters is 1. The topological polar surface area (TPSA) is 161 Å². The third-order valence-electron chi connectivity index (χ3n) is 8.61. The Balaban J connectivity index is 1.20. The number of methoxy groups -OCH3 is 1. The van der Waals surface area contributed by atoms with Crippen LogP contribution in [0.15, 0.2) is 85.1 Å². The number of aromatic nitrogens is 3. The number of ether oxygens (including phenoxy) is 3. The molecule has 3 aromatic carbocycles. The van der Waals surface area contributed by atoms with E-state index in [1.165, 1.54) is 30.6 Å². The van der Waals surface area contributed by atoms with Crippen molar-refractivity contribution in [1.82, 2.24) is 19.9 Å². The molecule has 5 aromatic rings. The first-order chi connectivity index (χ1) is 26.2. The molecule has 0 aliphatic rings. The summed E-state index contributed by atoms with van der Waals surface area (Å²) in [6.45, 7) is 2.78. The van der Waals surface area contributed by atoms with E-state index in [2.05, 4.69) is 22.5 Å². The molecule has 2 heterocycles. The number of amides is 2. The van der Waals surface area contributed by atoms with Gasteiger partial charge in [-0.1, -0.05) is 38.7 Å². The molecule has 0 unspecified atom stereocenters. The van der Waals surface area contributed by atoms with Crippen LogP contribution in [-0.4, -0.2) is 58.6 Å². The van der Waals surface area contributed by atoms with Gasteiger partial charge in [-0.15, -0.1) is 0 Å². The summed E-state index contributed by atoms with van der Waals surface area (Å²) in [6.07, 6.45) is 5.95. The summed E-state index contributed by atoms with van der Waals surface area (Å²) in [5.41, 5.74) is 3.06. The van der Waals surface area contributed by atoms with E-state index in [0.717, 1.165) is 43.0 Å². The summed E-state index contributed by atoms with van der Waals surface area (Å²) in [4.78, 5) is 49.3. The molecule has 0 saturated carbocycles. The third kappa shape index (κ3) is 10.4. The maximum atomic E-state index is 13.9. The summed E-state index contributed by atoms with van der Waals surface area (Å²) in [5, 5.41) is 14.0. The summed E-state index contributed by atoms with van der Waals surface area (Å²) < 4.78 is 31.5. The summed E-state index contributed by atoms with van der Waals surface area (Å²) in [5.74, 6) is -0.521. The van der Waals surface area contributed by atoms with Crippen molar-refractivity contribution in [3.05, 3.63) is 108 Å². The number of hydrogen-bond acceptors (Lipinski definition) is 10. The number of imidazole rings is 1. The Kier molecular flexibility index (Phi) is 13.7. The molecule has 0 aliphatic carbocycles. The Morgan fingerprint density at radius 3 is 2.44 bits per heavy atom. The van der Waals surface area contributed by atoms with Gasteiger partial charge in [0.2, 0.25) is 0 Å². The van der Waals surface area contributed by atoms with Gasteiger partial charge in [0.15, 0.2) is 11.5 Å². The maximum Gasteiger partial charge on any atom is 0.412 e. The first kappa shape index (κ1) is 38.9. The first-order valence-electron chi connectivity index (χ1n) is 17.8. The molecule has 282 valence electrons. The molecule has 0 radical (unpaired) electrons. The molecule has 0 aliphatic heterocycles. The number of nitrogens with zero attached hydrogens (tertiary/aromatic N) is 4. The monoisotopic (exact) mass is 737 g/mol. The average Bonchev–Trinajstić information content (AvgIpc) is 3.50. The van der Waals surface area contributed by atoms with Crippen molar-refractivity contribution in [1.29, 1.82) is 5.41 Å². The summed E-state index contributed by atoms with van der Waals surface area (Å²) >= 11 is 0. The lowest BCUT2D eigenvalue weighted by Gasteiger charge is -2.21. The second-order valence-corrected chi connectivity index (χ2v) is 12.4. The van der Waals surface area contributed by atoms with Gasteiger partial charge >= 0.3 is 12.1 Å². The molecule has 0 fully saturated rings. The van der Waals surface area contributed by atoms with Crippen molar-refractivity contribution in [2.75, 3.05) is 30.5 Å². The molecule has 0 saturated heterocycles. The van der Waals surface area contributed by atoms with Crippen molar-refractivity contribution < 1.29 is 33.0 Å². The number of rotatable bonds is 17. The summed E-state index contributed by atoms with van der Waals surface area (Å²) in [6, 6.07) is 21.0. The number of aryl methyl sites for hydroxylation is 1. The van der Waals surface area contributed by atoms with E-state index in [0.29, 0.717) is 41.4 Å². The largest absolute Gasteiger partial charge is 0.493 e. The predicted molar refractivity (Wildman–Crippen MR) is 204 cm³/mol. The molecule has 5 rings (SSSR count). The van der Waals surface area contributed by atoms with Crippen molar-refractivity contribution in [3.8, 4) is 11.5 Å². The number of hydrogen-bond donors (Lipinski definition) is 3. The zero-order valence-corrected chi connectivity index (χ0v) is 30.6. The first-order valence-corrected chi connectivity index (χ1v) is 17.8. The van der Waals surface area contributed by atoms with E-state index >= 15 is 0 Å². The van der Waals surface area contributed by atoms with E-state index < -0.39 is 23.8 Å². The number of unbranched alkanes of at least 4 members (excludes halogenated alkanes) is 4. The van der Waals surface area contributed by atoms with Gasteiger partial charge in [-0.2, -0.15) is 0 Å². The number of halogens is 1. The molecule has 3 N–H and O–H groups in total. The molecule has 54 heavy (non-hydrogen) atoms. The third-order valence-corrected chi connectivity index (χ3v) is 8.61. The second kappa shape index (κ2) is 19.0. The van der Waals surface area contributed by atoms with Crippen LogP contribution in [0.4, 0.5) is 20.7 Å². The second-order valence-electron chi connectivity index (χ2n) is 12.4. The number of fused-ring (bicyclic) bond motifs is 1. The molecule has 0 atom stereocenters. The Bertz CT molecular complexity index is 2070. The van der Waals surface area contributed by atoms with Crippen molar-refractivity contribution >= 4 is 46.3 Å². The van der Waals surface area contributed by atoms with Crippen LogP contribution in [-0.2, 0) is 23.1 Å². The van der Waals surface area contributed by atoms with E-state index in [9.17, 15) is 18.8 Å². The van der Waals surface area contributed by atoms with Gasteiger partial charge < -0.3 is 24.1 Å². The number of amidine groups is 1. The fourth-order valence-electron chi connectivity index (χ4n) is 5.65. The van der Waals surface area contributed by atoms with Crippen LogP contribution in [0, 0.1) is 11.2 Å². The minimum atomic E-state index is -0.682. The minimum Gasteiger partial charge on any atom is -0.493 e. The normalized spacial score (nSPS) is 10.8. The van der Waals surface area contributed by atoms with E-state index in [1.807, 2.05) is 17.7 Å². The molecule has 13 nitrogen and oxygen atoms in total. The number of alkyl carbamates (subject to hydrolysis) is 1. The highest BCUT2D eigenvalue weighted by molar-refractivity contribution is 6.07. The van der Waals surface area contributed by atoms with E-state index in [-0.39, 0.29) is 30.3 Å². The SMILES string of the molecule is CCCCCCCOC(=O)NC(=N)c1ccc(NCc2nc3cc(C(=O)N(CCC(=O)Oc4cc(F)ccc4OC)c4ccccn4)ccc3n2C)cc1. The molecule has 14 heteroatoms. The van der Waals surface area contributed by atoms with Gasteiger partial charge in [-0.3, -0.25) is 25.2 Å².